The van der Waals surface area contributed by atoms with Crippen molar-refractivity contribution in [2.24, 2.45) is 5.73 Å². The molecular formula is C13H16N4O2S. The SMILES string of the molecule is COc1ccccc1CN(C)c1snc(N)c1C(N)=O. The summed E-state index contributed by atoms with van der Waals surface area (Å²) < 4.78 is 9.30. The molecule has 2 rings (SSSR count). The molecule has 7 heteroatoms. The van der Waals surface area contributed by atoms with Crippen molar-refractivity contribution >= 4 is 28.3 Å². The van der Waals surface area contributed by atoms with E-state index >= 15 is 0 Å². The highest BCUT2D eigenvalue weighted by Gasteiger charge is 2.20. The van der Waals surface area contributed by atoms with Crippen molar-refractivity contribution in [3.05, 3.63) is 35.4 Å². The summed E-state index contributed by atoms with van der Waals surface area (Å²) in [6, 6.07) is 7.69. The Morgan fingerprint density at radius 2 is 2.15 bits per heavy atom. The molecule has 1 amide bonds. The molecule has 0 radical (unpaired) electrons. The molecule has 1 aromatic heterocycles. The molecule has 0 unspecified atom stereocenters. The third kappa shape index (κ3) is 2.67. The number of hydrogen-bond donors (Lipinski definition) is 2. The molecule has 0 fully saturated rings. The van der Waals surface area contributed by atoms with Crippen LogP contribution in [0.1, 0.15) is 15.9 Å². The minimum Gasteiger partial charge on any atom is -0.496 e. The molecular weight excluding hydrogens is 276 g/mol. The van der Waals surface area contributed by atoms with Crippen LogP contribution < -0.4 is 21.1 Å². The molecule has 1 aromatic carbocycles. The average molecular weight is 292 g/mol. The molecule has 0 spiro atoms. The van der Waals surface area contributed by atoms with Crippen LogP contribution in [0, 0.1) is 0 Å². The van der Waals surface area contributed by atoms with Gasteiger partial charge in [0.05, 0.1) is 7.11 Å². The Labute approximate surface area is 121 Å². The second kappa shape index (κ2) is 5.79. The average Bonchev–Trinajstić information content (AvgIpc) is 2.81. The van der Waals surface area contributed by atoms with Gasteiger partial charge in [-0.05, 0) is 17.6 Å². The van der Waals surface area contributed by atoms with Crippen LogP contribution >= 0.6 is 11.5 Å². The van der Waals surface area contributed by atoms with Crippen LogP contribution in [0.3, 0.4) is 0 Å². The molecule has 0 aliphatic carbocycles. The lowest BCUT2D eigenvalue weighted by Crippen LogP contribution is -2.21. The number of rotatable bonds is 5. The van der Waals surface area contributed by atoms with E-state index in [-0.39, 0.29) is 11.4 Å². The summed E-state index contributed by atoms with van der Waals surface area (Å²) >= 11 is 1.15. The Balaban J connectivity index is 2.29. The zero-order valence-corrected chi connectivity index (χ0v) is 12.1. The minimum absolute atomic E-state index is 0.171. The number of aromatic nitrogens is 1. The number of primary amides is 1. The normalized spacial score (nSPS) is 10.3. The van der Waals surface area contributed by atoms with Gasteiger partial charge < -0.3 is 21.1 Å². The second-order valence-corrected chi connectivity index (χ2v) is 5.03. The quantitative estimate of drug-likeness (QED) is 0.870. The number of ether oxygens (including phenoxy) is 1. The lowest BCUT2D eigenvalue weighted by Gasteiger charge is -2.19. The van der Waals surface area contributed by atoms with Crippen molar-refractivity contribution in [1.29, 1.82) is 0 Å². The Morgan fingerprint density at radius 1 is 1.45 bits per heavy atom. The molecule has 0 aliphatic rings. The summed E-state index contributed by atoms with van der Waals surface area (Å²) in [5.74, 6) is 0.389. The van der Waals surface area contributed by atoms with E-state index in [4.69, 9.17) is 16.2 Å². The molecule has 4 N–H and O–H groups in total. The first kappa shape index (κ1) is 14.1. The van der Waals surface area contributed by atoms with Gasteiger partial charge in [-0.3, -0.25) is 4.79 Å². The maximum atomic E-state index is 11.4. The van der Waals surface area contributed by atoms with Gasteiger partial charge in [-0.2, -0.15) is 4.37 Å². The van der Waals surface area contributed by atoms with Gasteiger partial charge in [0.2, 0.25) is 0 Å². The van der Waals surface area contributed by atoms with Gasteiger partial charge in [-0.1, -0.05) is 18.2 Å². The maximum absolute atomic E-state index is 11.4. The van der Waals surface area contributed by atoms with Gasteiger partial charge in [0.1, 0.15) is 16.3 Å². The number of hydrogen-bond acceptors (Lipinski definition) is 6. The number of methoxy groups -OCH3 is 1. The Kier molecular flexibility index (Phi) is 4.09. The molecule has 2 aromatic rings. The molecule has 1 heterocycles. The summed E-state index contributed by atoms with van der Waals surface area (Å²) in [5, 5.41) is 0.654. The number of nitrogen functional groups attached to an aromatic ring is 1. The predicted molar refractivity (Wildman–Crippen MR) is 80.1 cm³/mol. The first-order valence-corrected chi connectivity index (χ1v) is 6.70. The van der Waals surface area contributed by atoms with Gasteiger partial charge in [0, 0.05) is 19.2 Å². The lowest BCUT2D eigenvalue weighted by atomic mass is 10.2. The number of amides is 1. The highest BCUT2D eigenvalue weighted by molar-refractivity contribution is 7.11. The van der Waals surface area contributed by atoms with Crippen molar-refractivity contribution in [3.8, 4) is 5.75 Å². The van der Waals surface area contributed by atoms with Gasteiger partial charge in [0.25, 0.3) is 5.91 Å². The minimum atomic E-state index is -0.571. The Bertz CT molecular complexity index is 627. The molecule has 0 aliphatic heterocycles. The number of nitrogens with zero attached hydrogens (tertiary/aromatic N) is 2. The van der Waals surface area contributed by atoms with E-state index in [0.29, 0.717) is 11.5 Å². The number of carbonyl (C=O) groups excluding carboxylic acids is 1. The highest BCUT2D eigenvalue weighted by atomic mass is 32.1. The summed E-state index contributed by atoms with van der Waals surface area (Å²) in [6.45, 7) is 0.561. The third-order valence-corrected chi connectivity index (χ3v) is 3.87. The van der Waals surface area contributed by atoms with Gasteiger partial charge in [-0.15, -0.1) is 0 Å². The van der Waals surface area contributed by atoms with Crippen LogP contribution in [0.4, 0.5) is 10.8 Å². The van der Waals surface area contributed by atoms with Crippen LogP contribution in [-0.2, 0) is 6.54 Å². The van der Waals surface area contributed by atoms with Gasteiger partial charge in [0.15, 0.2) is 5.82 Å². The smallest absolute Gasteiger partial charge is 0.255 e. The first-order chi connectivity index (χ1) is 9.54. The molecule has 0 bridgehead atoms. The molecule has 0 atom stereocenters. The summed E-state index contributed by atoms with van der Waals surface area (Å²) in [5.41, 5.74) is 12.3. The molecule has 0 saturated heterocycles. The standard InChI is InChI=1S/C13H16N4O2S/c1-17(7-8-5-3-4-6-9(8)19-2)13-10(12(15)18)11(14)16-20-13/h3-6H,7H2,1-2H3,(H2,14,16)(H2,15,18). The number of anilines is 2. The van der Waals surface area contributed by atoms with E-state index < -0.39 is 5.91 Å². The van der Waals surface area contributed by atoms with Crippen molar-refractivity contribution in [1.82, 2.24) is 4.37 Å². The van der Waals surface area contributed by atoms with Crippen LogP contribution in [0.2, 0.25) is 0 Å². The van der Waals surface area contributed by atoms with Crippen LogP contribution in [-0.4, -0.2) is 24.4 Å². The number of benzene rings is 1. The Morgan fingerprint density at radius 3 is 2.80 bits per heavy atom. The van der Waals surface area contributed by atoms with E-state index in [2.05, 4.69) is 4.37 Å². The van der Waals surface area contributed by atoms with Crippen LogP contribution in [0.25, 0.3) is 0 Å². The molecule has 6 nitrogen and oxygen atoms in total. The highest BCUT2D eigenvalue weighted by Crippen LogP contribution is 2.31. The van der Waals surface area contributed by atoms with Gasteiger partial charge >= 0.3 is 0 Å². The summed E-state index contributed by atoms with van der Waals surface area (Å²) in [6.07, 6.45) is 0. The zero-order valence-electron chi connectivity index (χ0n) is 11.3. The summed E-state index contributed by atoms with van der Waals surface area (Å²) in [4.78, 5) is 13.3. The van der Waals surface area contributed by atoms with Crippen LogP contribution in [0.15, 0.2) is 24.3 Å². The zero-order chi connectivity index (χ0) is 14.7. The maximum Gasteiger partial charge on any atom is 0.255 e. The van der Waals surface area contributed by atoms with E-state index in [1.807, 2.05) is 36.2 Å². The molecule has 20 heavy (non-hydrogen) atoms. The van der Waals surface area contributed by atoms with Gasteiger partial charge in [-0.25, -0.2) is 0 Å². The van der Waals surface area contributed by atoms with Crippen molar-refractivity contribution in [2.45, 2.75) is 6.54 Å². The van der Waals surface area contributed by atoms with Crippen LogP contribution in [0.5, 0.6) is 5.75 Å². The second-order valence-electron chi connectivity index (χ2n) is 4.28. The van der Waals surface area contributed by atoms with E-state index in [1.54, 1.807) is 7.11 Å². The number of carbonyl (C=O) groups is 1. The molecule has 106 valence electrons. The van der Waals surface area contributed by atoms with Crippen molar-refractivity contribution in [3.63, 3.8) is 0 Å². The van der Waals surface area contributed by atoms with E-state index in [0.717, 1.165) is 22.8 Å². The monoisotopic (exact) mass is 292 g/mol. The third-order valence-electron chi connectivity index (χ3n) is 2.89. The predicted octanol–water partition coefficient (Wildman–Crippen LogP) is 1.47. The first-order valence-electron chi connectivity index (χ1n) is 5.92. The lowest BCUT2D eigenvalue weighted by molar-refractivity contribution is 0.100. The van der Waals surface area contributed by atoms with E-state index in [9.17, 15) is 4.79 Å². The topological polar surface area (TPSA) is 94.5 Å². The number of para-hydroxylation sites is 1. The number of nitrogens with two attached hydrogens (primary N) is 2. The fourth-order valence-corrected chi connectivity index (χ4v) is 2.72. The fourth-order valence-electron chi connectivity index (χ4n) is 1.95. The summed E-state index contributed by atoms with van der Waals surface area (Å²) in [7, 11) is 3.48. The largest absolute Gasteiger partial charge is 0.496 e. The van der Waals surface area contributed by atoms with Crippen molar-refractivity contribution in [2.75, 3.05) is 24.8 Å². The fraction of sp³-hybridized carbons (Fsp3) is 0.231. The van der Waals surface area contributed by atoms with Crippen molar-refractivity contribution < 1.29 is 9.53 Å². The molecule has 0 saturated carbocycles. The van der Waals surface area contributed by atoms with E-state index in [1.165, 1.54) is 0 Å². The Hall–Kier alpha value is -2.28.